The molecule has 1 aliphatic heterocycles. The minimum absolute atomic E-state index is 0.0807. The molecule has 2 heterocycles. The van der Waals surface area contributed by atoms with Crippen LogP contribution in [0.4, 0.5) is 4.79 Å². The van der Waals surface area contributed by atoms with E-state index in [4.69, 9.17) is 21.3 Å². The monoisotopic (exact) mass is 556 g/mol. The van der Waals surface area contributed by atoms with Crippen molar-refractivity contribution in [3.05, 3.63) is 69.5 Å². The summed E-state index contributed by atoms with van der Waals surface area (Å²) in [5, 5.41) is 3.58. The van der Waals surface area contributed by atoms with Gasteiger partial charge >= 0.3 is 6.09 Å². The molecule has 2 atom stereocenters. The van der Waals surface area contributed by atoms with E-state index in [1.54, 1.807) is 22.8 Å². The summed E-state index contributed by atoms with van der Waals surface area (Å²) in [5.41, 5.74) is 0.563. The van der Waals surface area contributed by atoms with E-state index in [1.165, 1.54) is 11.8 Å². The van der Waals surface area contributed by atoms with Gasteiger partial charge in [-0.2, -0.15) is 0 Å². The number of ether oxygens (including phenoxy) is 1. The van der Waals surface area contributed by atoms with Crippen LogP contribution in [-0.4, -0.2) is 51.2 Å². The summed E-state index contributed by atoms with van der Waals surface area (Å²) >= 11 is 7.40. The molecule has 0 saturated carbocycles. The molecular formula is C28H33ClN4O4S. The van der Waals surface area contributed by atoms with Crippen molar-refractivity contribution in [1.29, 1.82) is 0 Å². The lowest BCUT2D eigenvalue weighted by atomic mass is 10.1. The van der Waals surface area contributed by atoms with Crippen LogP contribution in [0.25, 0.3) is 10.9 Å². The van der Waals surface area contributed by atoms with Gasteiger partial charge in [-0.1, -0.05) is 53.7 Å². The van der Waals surface area contributed by atoms with Crippen LogP contribution in [0.1, 0.15) is 51.3 Å². The highest BCUT2D eigenvalue weighted by molar-refractivity contribution is 8.00. The van der Waals surface area contributed by atoms with Crippen LogP contribution < -0.4 is 10.9 Å². The first-order valence-corrected chi connectivity index (χ1v) is 14.0. The lowest BCUT2D eigenvalue weighted by Gasteiger charge is -2.29. The molecule has 38 heavy (non-hydrogen) atoms. The zero-order valence-electron chi connectivity index (χ0n) is 22.1. The lowest BCUT2D eigenvalue weighted by Crippen LogP contribution is -2.45. The number of halogens is 1. The first-order chi connectivity index (χ1) is 18.1. The third-order valence-corrected chi connectivity index (χ3v) is 7.76. The molecule has 1 N–H and O–H groups in total. The van der Waals surface area contributed by atoms with E-state index in [9.17, 15) is 14.4 Å². The van der Waals surface area contributed by atoms with Crippen molar-refractivity contribution >= 4 is 46.3 Å². The average molecular weight is 557 g/mol. The SMILES string of the molecule is CCn1c(SC(C(=O)N2CCC[C@@H]2CNC(=O)OC(C)(C)C)c2ccccc2)nc2ccc(Cl)cc2c1=O. The molecule has 0 aliphatic carbocycles. The third-order valence-electron chi connectivity index (χ3n) is 6.29. The number of amides is 2. The van der Waals surface area contributed by atoms with Crippen LogP contribution >= 0.6 is 23.4 Å². The van der Waals surface area contributed by atoms with E-state index in [0.717, 1.165) is 18.4 Å². The summed E-state index contributed by atoms with van der Waals surface area (Å²) in [6.07, 6.45) is 1.12. The second kappa shape index (κ2) is 11.8. The Morgan fingerprint density at radius 2 is 1.95 bits per heavy atom. The van der Waals surface area contributed by atoms with Crippen LogP contribution in [0.3, 0.4) is 0 Å². The Bertz CT molecular complexity index is 1370. The van der Waals surface area contributed by atoms with Gasteiger partial charge in [-0.05, 0) is 64.3 Å². The molecule has 0 spiro atoms. The largest absolute Gasteiger partial charge is 0.444 e. The second-order valence-corrected chi connectivity index (χ2v) is 11.7. The molecule has 0 bridgehead atoms. The molecule has 4 rings (SSSR count). The van der Waals surface area contributed by atoms with Crippen LogP contribution in [0.2, 0.25) is 5.02 Å². The maximum absolute atomic E-state index is 14.1. The van der Waals surface area contributed by atoms with Crippen LogP contribution in [-0.2, 0) is 16.1 Å². The van der Waals surface area contributed by atoms with Gasteiger partial charge in [-0.15, -0.1) is 0 Å². The molecular weight excluding hydrogens is 524 g/mol. The number of rotatable bonds is 7. The van der Waals surface area contributed by atoms with Crippen molar-refractivity contribution < 1.29 is 14.3 Å². The van der Waals surface area contributed by atoms with Gasteiger partial charge in [-0.25, -0.2) is 9.78 Å². The summed E-state index contributed by atoms with van der Waals surface area (Å²) < 4.78 is 6.94. The molecule has 8 nitrogen and oxygen atoms in total. The van der Waals surface area contributed by atoms with Gasteiger partial charge in [0.15, 0.2) is 5.16 Å². The fourth-order valence-electron chi connectivity index (χ4n) is 4.54. The zero-order chi connectivity index (χ0) is 27.4. The highest BCUT2D eigenvalue weighted by atomic mass is 35.5. The smallest absolute Gasteiger partial charge is 0.407 e. The number of benzene rings is 2. The molecule has 0 radical (unpaired) electrons. The van der Waals surface area contributed by atoms with Gasteiger partial charge in [0, 0.05) is 30.7 Å². The summed E-state index contributed by atoms with van der Waals surface area (Å²) in [6, 6.07) is 14.4. The van der Waals surface area contributed by atoms with Crippen molar-refractivity contribution in [3.63, 3.8) is 0 Å². The number of thioether (sulfide) groups is 1. The Morgan fingerprint density at radius 1 is 1.21 bits per heavy atom. The lowest BCUT2D eigenvalue weighted by molar-refractivity contribution is -0.131. The normalized spacial score (nSPS) is 16.4. The number of fused-ring (bicyclic) bond motifs is 1. The minimum Gasteiger partial charge on any atom is -0.444 e. The molecule has 1 saturated heterocycles. The number of nitrogens with zero attached hydrogens (tertiary/aromatic N) is 3. The van der Waals surface area contributed by atoms with Crippen LogP contribution in [0, 0.1) is 0 Å². The van der Waals surface area contributed by atoms with Gasteiger partial charge in [0.2, 0.25) is 5.91 Å². The standard InChI is InChI=1S/C28H33ClN4O4S/c1-5-32-24(34)21-16-19(29)13-14-22(21)31-26(32)38-23(18-10-7-6-8-11-18)25(35)33-15-9-12-20(33)17-30-27(36)37-28(2,3)4/h6-8,10-11,13-14,16,20,23H,5,9,12,15,17H2,1-4H3,(H,30,36)/t20-,23?/m1/s1. The first kappa shape index (κ1) is 28.0. The van der Waals surface area contributed by atoms with Crippen molar-refractivity contribution in [3.8, 4) is 0 Å². The highest BCUT2D eigenvalue weighted by Crippen LogP contribution is 2.37. The van der Waals surface area contributed by atoms with Crippen LogP contribution in [0.5, 0.6) is 0 Å². The average Bonchev–Trinajstić information content (AvgIpc) is 3.34. The number of carbonyl (C=O) groups is 2. The van der Waals surface area contributed by atoms with E-state index in [1.807, 2.05) is 62.9 Å². The van der Waals surface area contributed by atoms with Gasteiger partial charge in [0.05, 0.1) is 10.9 Å². The maximum Gasteiger partial charge on any atom is 0.407 e. The van der Waals surface area contributed by atoms with E-state index >= 15 is 0 Å². The third kappa shape index (κ3) is 6.50. The summed E-state index contributed by atoms with van der Waals surface area (Å²) in [7, 11) is 0. The second-order valence-electron chi connectivity index (χ2n) is 10.2. The molecule has 1 fully saturated rings. The maximum atomic E-state index is 14.1. The van der Waals surface area contributed by atoms with E-state index < -0.39 is 16.9 Å². The van der Waals surface area contributed by atoms with Crippen molar-refractivity contribution in [1.82, 2.24) is 19.8 Å². The molecule has 1 unspecified atom stereocenters. The quantitative estimate of drug-likeness (QED) is 0.308. The van der Waals surface area contributed by atoms with E-state index in [0.29, 0.717) is 40.7 Å². The summed E-state index contributed by atoms with van der Waals surface area (Å²) in [6.45, 7) is 8.61. The Hall–Kier alpha value is -3.04. The Kier molecular flexibility index (Phi) is 8.67. The summed E-state index contributed by atoms with van der Waals surface area (Å²) in [5.74, 6) is -0.0807. The van der Waals surface area contributed by atoms with E-state index in [2.05, 4.69) is 5.32 Å². The Labute approximate surface area is 231 Å². The molecule has 2 aromatic carbocycles. The molecule has 3 aromatic rings. The molecule has 1 aromatic heterocycles. The van der Waals surface area contributed by atoms with Crippen molar-refractivity contribution in [2.75, 3.05) is 13.1 Å². The zero-order valence-corrected chi connectivity index (χ0v) is 23.6. The number of alkyl carbamates (subject to hydrolysis) is 1. The minimum atomic E-state index is -0.618. The number of hydrogen-bond donors (Lipinski definition) is 1. The first-order valence-electron chi connectivity index (χ1n) is 12.8. The van der Waals surface area contributed by atoms with Gasteiger partial charge in [0.25, 0.3) is 5.56 Å². The molecule has 2 amide bonds. The van der Waals surface area contributed by atoms with Gasteiger partial charge in [-0.3, -0.25) is 14.2 Å². The predicted octanol–water partition coefficient (Wildman–Crippen LogP) is 5.42. The van der Waals surface area contributed by atoms with E-state index in [-0.39, 0.29) is 17.5 Å². The number of aromatic nitrogens is 2. The number of hydrogen-bond acceptors (Lipinski definition) is 6. The topological polar surface area (TPSA) is 93.5 Å². The number of nitrogens with one attached hydrogen (secondary N) is 1. The summed E-state index contributed by atoms with van der Waals surface area (Å²) in [4.78, 5) is 46.2. The number of carbonyl (C=O) groups excluding carboxylic acids is 2. The van der Waals surface area contributed by atoms with Crippen molar-refractivity contribution in [2.45, 2.75) is 69.1 Å². The van der Waals surface area contributed by atoms with Crippen molar-refractivity contribution in [2.24, 2.45) is 0 Å². The predicted molar refractivity (Wildman–Crippen MR) is 151 cm³/mol. The Balaban J connectivity index is 1.63. The number of likely N-dealkylation sites (tertiary alicyclic amines) is 1. The Morgan fingerprint density at radius 3 is 2.63 bits per heavy atom. The highest BCUT2D eigenvalue weighted by Gasteiger charge is 2.35. The molecule has 202 valence electrons. The van der Waals surface area contributed by atoms with Gasteiger partial charge in [0.1, 0.15) is 10.9 Å². The fourth-order valence-corrected chi connectivity index (χ4v) is 5.94. The fraction of sp³-hybridized carbons (Fsp3) is 0.429. The molecule has 1 aliphatic rings. The molecule has 10 heteroatoms. The van der Waals surface area contributed by atoms with Crippen LogP contribution in [0.15, 0.2) is 58.5 Å². The van der Waals surface area contributed by atoms with Gasteiger partial charge < -0.3 is 15.0 Å².